The Morgan fingerprint density at radius 3 is 2.54 bits per heavy atom. The van der Waals surface area contributed by atoms with E-state index in [1.807, 2.05) is 0 Å². The Balaban J connectivity index is 2.10. The molecule has 0 spiro atoms. The average molecular weight is 349 g/mol. The van der Waals surface area contributed by atoms with Crippen molar-refractivity contribution in [3.05, 3.63) is 53.1 Å². The van der Waals surface area contributed by atoms with Gasteiger partial charge in [-0.05, 0) is 37.3 Å². The molecule has 0 aliphatic heterocycles. The first kappa shape index (κ1) is 17.6. The van der Waals surface area contributed by atoms with E-state index in [1.54, 1.807) is 49.4 Å². The van der Waals surface area contributed by atoms with Crippen molar-refractivity contribution in [2.24, 2.45) is 0 Å². The van der Waals surface area contributed by atoms with Crippen LogP contribution in [0.5, 0.6) is 5.75 Å². The molecule has 0 saturated carbocycles. The number of urea groups is 1. The van der Waals surface area contributed by atoms with Gasteiger partial charge in [0.25, 0.3) is 0 Å². The molecule has 0 radical (unpaired) electrons. The molecule has 2 aromatic rings. The first-order valence-corrected chi connectivity index (χ1v) is 7.60. The molecule has 2 aromatic carbocycles. The van der Waals surface area contributed by atoms with Gasteiger partial charge in [-0.3, -0.25) is 0 Å². The minimum absolute atomic E-state index is 0.254. The number of esters is 1. The topological polar surface area (TPSA) is 76.7 Å². The summed E-state index contributed by atoms with van der Waals surface area (Å²) in [5, 5.41) is 5.64. The van der Waals surface area contributed by atoms with Crippen LogP contribution in [0, 0.1) is 0 Å². The Kier molecular flexibility index (Phi) is 6.03. The molecule has 24 heavy (non-hydrogen) atoms. The van der Waals surface area contributed by atoms with Gasteiger partial charge >= 0.3 is 12.0 Å². The SMILES string of the molecule is CCOC(=O)c1ccccc1NC(=O)Nc1ccc(OC)c(Cl)c1. The Morgan fingerprint density at radius 1 is 1.12 bits per heavy atom. The number of nitrogens with one attached hydrogen (secondary N) is 2. The van der Waals surface area contributed by atoms with Gasteiger partial charge in [0.2, 0.25) is 0 Å². The molecule has 2 N–H and O–H groups in total. The van der Waals surface area contributed by atoms with Gasteiger partial charge in [-0.15, -0.1) is 0 Å². The molecular weight excluding hydrogens is 332 g/mol. The zero-order chi connectivity index (χ0) is 17.5. The van der Waals surface area contributed by atoms with Crippen LogP contribution in [0.25, 0.3) is 0 Å². The maximum absolute atomic E-state index is 12.1. The predicted octanol–water partition coefficient (Wildman–Crippen LogP) is 4.17. The Hall–Kier alpha value is -2.73. The molecule has 7 heteroatoms. The maximum Gasteiger partial charge on any atom is 0.340 e. The van der Waals surface area contributed by atoms with Gasteiger partial charge in [0.1, 0.15) is 5.75 Å². The van der Waals surface area contributed by atoms with Crippen molar-refractivity contribution in [2.75, 3.05) is 24.4 Å². The van der Waals surface area contributed by atoms with Crippen molar-refractivity contribution in [3.63, 3.8) is 0 Å². The standard InChI is InChI=1S/C17H17ClN2O4/c1-3-24-16(21)12-6-4-5-7-14(12)20-17(22)19-11-8-9-15(23-2)13(18)10-11/h4-10H,3H2,1-2H3,(H2,19,20,22). The summed E-state index contributed by atoms with van der Waals surface area (Å²) in [6.07, 6.45) is 0. The molecule has 0 atom stereocenters. The third kappa shape index (κ3) is 4.39. The highest BCUT2D eigenvalue weighted by atomic mass is 35.5. The van der Waals surface area contributed by atoms with Crippen LogP contribution in [0.15, 0.2) is 42.5 Å². The van der Waals surface area contributed by atoms with Gasteiger partial charge in [0, 0.05) is 5.69 Å². The quantitative estimate of drug-likeness (QED) is 0.795. The summed E-state index contributed by atoms with van der Waals surface area (Å²) in [6.45, 7) is 1.97. The zero-order valence-corrected chi connectivity index (χ0v) is 14.0. The summed E-state index contributed by atoms with van der Waals surface area (Å²) in [6, 6.07) is 11.0. The highest BCUT2D eigenvalue weighted by Gasteiger charge is 2.14. The highest BCUT2D eigenvalue weighted by Crippen LogP contribution is 2.27. The fourth-order valence-electron chi connectivity index (χ4n) is 2.01. The molecule has 6 nitrogen and oxygen atoms in total. The van der Waals surface area contributed by atoms with Crippen LogP contribution in [0.3, 0.4) is 0 Å². The molecule has 0 bridgehead atoms. The van der Waals surface area contributed by atoms with E-state index in [0.29, 0.717) is 22.1 Å². The van der Waals surface area contributed by atoms with Crippen molar-refractivity contribution in [1.82, 2.24) is 0 Å². The second kappa shape index (κ2) is 8.21. The minimum atomic E-state index is -0.506. The molecular formula is C17H17ClN2O4. The molecule has 0 heterocycles. The van der Waals surface area contributed by atoms with Crippen LogP contribution < -0.4 is 15.4 Å². The number of ether oxygens (including phenoxy) is 2. The molecule has 2 rings (SSSR count). The van der Waals surface area contributed by atoms with E-state index in [2.05, 4.69) is 10.6 Å². The Labute approximate surface area is 144 Å². The molecule has 126 valence electrons. The second-order valence-corrected chi connectivity index (χ2v) is 5.10. The van der Waals surface area contributed by atoms with E-state index in [9.17, 15) is 9.59 Å². The lowest BCUT2D eigenvalue weighted by molar-refractivity contribution is 0.0527. The van der Waals surface area contributed by atoms with Crippen molar-refractivity contribution in [1.29, 1.82) is 0 Å². The molecule has 2 amide bonds. The van der Waals surface area contributed by atoms with Crippen molar-refractivity contribution >= 4 is 35.0 Å². The van der Waals surface area contributed by atoms with E-state index in [4.69, 9.17) is 21.1 Å². The smallest absolute Gasteiger partial charge is 0.340 e. The van der Waals surface area contributed by atoms with Crippen LogP contribution in [-0.4, -0.2) is 25.7 Å². The summed E-state index contributed by atoms with van der Waals surface area (Å²) < 4.78 is 10.0. The van der Waals surface area contributed by atoms with Crippen LogP contribution in [0.2, 0.25) is 5.02 Å². The van der Waals surface area contributed by atoms with E-state index in [1.165, 1.54) is 7.11 Å². The lowest BCUT2D eigenvalue weighted by Crippen LogP contribution is -2.21. The van der Waals surface area contributed by atoms with E-state index in [0.717, 1.165) is 0 Å². The van der Waals surface area contributed by atoms with Crippen molar-refractivity contribution in [3.8, 4) is 5.75 Å². The molecule has 0 fully saturated rings. The number of amides is 2. The zero-order valence-electron chi connectivity index (χ0n) is 13.3. The van der Waals surface area contributed by atoms with E-state index >= 15 is 0 Å². The number of benzene rings is 2. The number of carbonyl (C=O) groups excluding carboxylic acids is 2. The number of carbonyl (C=O) groups is 2. The predicted molar refractivity (Wildman–Crippen MR) is 93.0 cm³/mol. The maximum atomic E-state index is 12.1. The first-order valence-electron chi connectivity index (χ1n) is 7.22. The van der Waals surface area contributed by atoms with E-state index < -0.39 is 12.0 Å². The minimum Gasteiger partial charge on any atom is -0.495 e. The molecule has 0 aromatic heterocycles. The number of rotatable bonds is 5. The summed E-state index contributed by atoms with van der Waals surface area (Å²) in [5.41, 5.74) is 1.13. The number of para-hydroxylation sites is 1. The lowest BCUT2D eigenvalue weighted by atomic mass is 10.2. The lowest BCUT2D eigenvalue weighted by Gasteiger charge is -2.12. The van der Waals surface area contributed by atoms with Gasteiger partial charge in [0.05, 0.1) is 30.0 Å². The summed E-state index contributed by atoms with van der Waals surface area (Å²) in [4.78, 5) is 24.0. The molecule has 0 aliphatic rings. The van der Waals surface area contributed by atoms with Crippen LogP contribution in [-0.2, 0) is 4.74 Å². The normalized spacial score (nSPS) is 9.96. The van der Waals surface area contributed by atoms with Crippen LogP contribution in [0.1, 0.15) is 17.3 Å². The monoisotopic (exact) mass is 348 g/mol. The number of hydrogen-bond acceptors (Lipinski definition) is 4. The summed E-state index contributed by atoms with van der Waals surface area (Å²) in [5.74, 6) is 0.0103. The van der Waals surface area contributed by atoms with Gasteiger partial charge in [-0.25, -0.2) is 9.59 Å². The second-order valence-electron chi connectivity index (χ2n) is 4.69. The summed E-state index contributed by atoms with van der Waals surface area (Å²) >= 11 is 6.02. The van der Waals surface area contributed by atoms with E-state index in [-0.39, 0.29) is 12.2 Å². The first-order chi connectivity index (χ1) is 11.5. The Bertz CT molecular complexity index is 749. The third-order valence-corrected chi connectivity index (χ3v) is 3.38. The van der Waals surface area contributed by atoms with Crippen LogP contribution in [0.4, 0.5) is 16.2 Å². The van der Waals surface area contributed by atoms with Gasteiger partial charge in [0.15, 0.2) is 0 Å². The fourth-order valence-corrected chi connectivity index (χ4v) is 2.27. The highest BCUT2D eigenvalue weighted by molar-refractivity contribution is 6.32. The third-order valence-electron chi connectivity index (χ3n) is 3.08. The molecule has 0 unspecified atom stereocenters. The number of methoxy groups -OCH3 is 1. The number of anilines is 2. The molecule has 0 aliphatic carbocycles. The largest absolute Gasteiger partial charge is 0.495 e. The van der Waals surface area contributed by atoms with Crippen molar-refractivity contribution in [2.45, 2.75) is 6.92 Å². The molecule has 0 saturated heterocycles. The van der Waals surface area contributed by atoms with Gasteiger partial charge in [-0.2, -0.15) is 0 Å². The Morgan fingerprint density at radius 2 is 1.88 bits per heavy atom. The average Bonchev–Trinajstić information content (AvgIpc) is 2.55. The van der Waals surface area contributed by atoms with Gasteiger partial charge in [-0.1, -0.05) is 23.7 Å². The van der Waals surface area contributed by atoms with Crippen LogP contribution >= 0.6 is 11.6 Å². The summed E-state index contributed by atoms with van der Waals surface area (Å²) in [7, 11) is 1.51. The number of hydrogen-bond donors (Lipinski definition) is 2. The number of halogens is 1. The van der Waals surface area contributed by atoms with Gasteiger partial charge < -0.3 is 20.1 Å². The van der Waals surface area contributed by atoms with Crippen molar-refractivity contribution < 1.29 is 19.1 Å². The fraction of sp³-hybridized carbons (Fsp3) is 0.176.